The van der Waals surface area contributed by atoms with E-state index in [1.807, 2.05) is 0 Å². The molecule has 74 valence electrons. The lowest BCUT2D eigenvalue weighted by molar-refractivity contribution is 0.410. The second-order valence-corrected chi connectivity index (χ2v) is 4.26. The van der Waals surface area contributed by atoms with E-state index in [0.29, 0.717) is 17.9 Å². The predicted octanol–water partition coefficient (Wildman–Crippen LogP) is 3.14. The van der Waals surface area contributed by atoms with Gasteiger partial charge in [-0.1, -0.05) is 13.8 Å². The Hall–Kier alpha value is -0.790. The average molecular weight is 183 g/mol. The summed E-state index contributed by atoms with van der Waals surface area (Å²) in [5.41, 5.74) is 7.37. The summed E-state index contributed by atoms with van der Waals surface area (Å²) in [6.07, 6.45) is 3.24. The highest BCUT2D eigenvalue weighted by atomic mass is 19.1. The summed E-state index contributed by atoms with van der Waals surface area (Å²) >= 11 is 0. The Balaban J connectivity index is 2.69. The Labute approximate surface area is 79.5 Å². The lowest BCUT2D eigenvalue weighted by Crippen LogP contribution is -2.18. The van der Waals surface area contributed by atoms with Crippen molar-refractivity contribution in [2.45, 2.75) is 33.6 Å². The van der Waals surface area contributed by atoms with Gasteiger partial charge in [-0.25, -0.2) is 4.39 Å². The summed E-state index contributed by atoms with van der Waals surface area (Å²) in [6.45, 7) is 6.04. The summed E-state index contributed by atoms with van der Waals surface area (Å²) in [7, 11) is 0. The van der Waals surface area contributed by atoms with E-state index in [1.165, 1.54) is 0 Å². The number of allylic oxidation sites excluding steroid dienone is 4. The fourth-order valence-corrected chi connectivity index (χ4v) is 1.73. The quantitative estimate of drug-likeness (QED) is 0.699. The molecule has 0 radical (unpaired) electrons. The summed E-state index contributed by atoms with van der Waals surface area (Å²) < 4.78 is 13.2. The van der Waals surface area contributed by atoms with E-state index in [4.69, 9.17) is 5.73 Å². The van der Waals surface area contributed by atoms with Crippen LogP contribution in [0.1, 0.15) is 33.6 Å². The molecular weight excluding hydrogens is 165 g/mol. The first kappa shape index (κ1) is 10.3. The van der Waals surface area contributed by atoms with Gasteiger partial charge in [0.15, 0.2) is 0 Å². The van der Waals surface area contributed by atoms with Crippen molar-refractivity contribution in [1.29, 1.82) is 0 Å². The van der Waals surface area contributed by atoms with Crippen molar-refractivity contribution in [3.05, 3.63) is 23.2 Å². The van der Waals surface area contributed by atoms with Gasteiger partial charge in [-0.05, 0) is 30.9 Å². The van der Waals surface area contributed by atoms with Gasteiger partial charge in [-0.3, -0.25) is 0 Å². The average Bonchev–Trinajstić information content (AvgIpc) is 1.99. The van der Waals surface area contributed by atoms with Crippen LogP contribution in [0.4, 0.5) is 4.39 Å². The maximum atomic E-state index is 13.2. The first-order valence-electron chi connectivity index (χ1n) is 4.83. The van der Waals surface area contributed by atoms with E-state index in [9.17, 15) is 4.39 Å². The van der Waals surface area contributed by atoms with Crippen molar-refractivity contribution in [3.8, 4) is 0 Å². The van der Waals surface area contributed by atoms with E-state index in [-0.39, 0.29) is 11.7 Å². The Morgan fingerprint density at radius 1 is 1.62 bits per heavy atom. The fraction of sp³-hybridized carbons (Fsp3) is 0.636. The van der Waals surface area contributed by atoms with Crippen LogP contribution in [0, 0.1) is 11.8 Å². The first-order chi connectivity index (χ1) is 6.00. The molecule has 1 aliphatic carbocycles. The summed E-state index contributed by atoms with van der Waals surface area (Å²) in [5.74, 6) is 0.784. The van der Waals surface area contributed by atoms with Crippen molar-refractivity contribution in [1.82, 2.24) is 0 Å². The van der Waals surface area contributed by atoms with Gasteiger partial charge in [-0.2, -0.15) is 0 Å². The van der Waals surface area contributed by atoms with Crippen LogP contribution in [0.5, 0.6) is 0 Å². The molecule has 0 aromatic carbocycles. The van der Waals surface area contributed by atoms with Gasteiger partial charge in [-0.15, -0.1) is 0 Å². The molecule has 2 N–H and O–H groups in total. The van der Waals surface area contributed by atoms with E-state index < -0.39 is 0 Å². The minimum absolute atomic E-state index is 0.000139. The van der Waals surface area contributed by atoms with Crippen LogP contribution in [0.3, 0.4) is 0 Å². The van der Waals surface area contributed by atoms with Crippen LogP contribution in [0.2, 0.25) is 0 Å². The molecule has 0 saturated carbocycles. The smallest absolute Gasteiger partial charge is 0.104 e. The number of rotatable bonds is 2. The zero-order valence-electron chi connectivity index (χ0n) is 8.60. The van der Waals surface area contributed by atoms with E-state index in [0.717, 1.165) is 12.1 Å². The predicted molar refractivity (Wildman–Crippen MR) is 53.6 cm³/mol. The van der Waals surface area contributed by atoms with Crippen molar-refractivity contribution in [2.24, 2.45) is 17.6 Å². The highest BCUT2D eigenvalue weighted by Gasteiger charge is 2.20. The van der Waals surface area contributed by atoms with Gasteiger partial charge in [0.1, 0.15) is 5.83 Å². The molecule has 0 amide bonds. The molecule has 0 fully saturated rings. The SMILES string of the molecule is CC1=C(F)CC(CC(C)C)C(N)=C1. The molecule has 0 heterocycles. The minimum atomic E-state index is -0.000139. The molecule has 1 nitrogen and oxygen atoms in total. The molecule has 1 unspecified atom stereocenters. The number of nitrogens with two attached hydrogens (primary N) is 1. The van der Waals surface area contributed by atoms with Crippen LogP contribution in [-0.2, 0) is 0 Å². The third kappa shape index (κ3) is 2.58. The molecule has 0 aromatic rings. The normalized spacial score (nSPS) is 23.8. The van der Waals surface area contributed by atoms with Crippen LogP contribution >= 0.6 is 0 Å². The van der Waals surface area contributed by atoms with Crippen LogP contribution in [0.15, 0.2) is 23.2 Å². The zero-order valence-corrected chi connectivity index (χ0v) is 8.60. The molecular formula is C11H18FN. The van der Waals surface area contributed by atoms with Crippen LogP contribution < -0.4 is 5.73 Å². The summed E-state index contributed by atoms with van der Waals surface area (Å²) in [4.78, 5) is 0. The second kappa shape index (κ2) is 3.95. The third-order valence-electron chi connectivity index (χ3n) is 2.46. The molecule has 0 bridgehead atoms. The fourth-order valence-electron chi connectivity index (χ4n) is 1.73. The lowest BCUT2D eigenvalue weighted by Gasteiger charge is -2.22. The van der Waals surface area contributed by atoms with Crippen molar-refractivity contribution in [2.75, 3.05) is 0 Å². The largest absolute Gasteiger partial charge is 0.402 e. The maximum Gasteiger partial charge on any atom is 0.104 e. The molecule has 0 spiro atoms. The summed E-state index contributed by atoms with van der Waals surface area (Å²) in [6, 6.07) is 0. The van der Waals surface area contributed by atoms with Gasteiger partial charge in [0.05, 0.1) is 0 Å². The van der Waals surface area contributed by atoms with Crippen molar-refractivity contribution < 1.29 is 4.39 Å². The third-order valence-corrected chi connectivity index (χ3v) is 2.46. The highest BCUT2D eigenvalue weighted by Crippen LogP contribution is 2.31. The number of hydrogen-bond acceptors (Lipinski definition) is 1. The summed E-state index contributed by atoms with van der Waals surface area (Å²) in [5, 5.41) is 0. The Bertz CT molecular complexity index is 251. The zero-order chi connectivity index (χ0) is 10.0. The molecule has 0 aromatic heterocycles. The van der Waals surface area contributed by atoms with E-state index in [2.05, 4.69) is 13.8 Å². The van der Waals surface area contributed by atoms with E-state index in [1.54, 1.807) is 13.0 Å². The molecule has 0 saturated heterocycles. The molecule has 0 aliphatic heterocycles. The Morgan fingerprint density at radius 2 is 2.23 bits per heavy atom. The first-order valence-corrected chi connectivity index (χ1v) is 4.83. The van der Waals surface area contributed by atoms with Crippen LogP contribution in [-0.4, -0.2) is 0 Å². The Kier molecular flexibility index (Phi) is 3.12. The Morgan fingerprint density at radius 3 is 2.77 bits per heavy atom. The van der Waals surface area contributed by atoms with Gasteiger partial charge >= 0.3 is 0 Å². The molecule has 13 heavy (non-hydrogen) atoms. The van der Waals surface area contributed by atoms with Crippen molar-refractivity contribution in [3.63, 3.8) is 0 Å². The van der Waals surface area contributed by atoms with Crippen LogP contribution in [0.25, 0.3) is 0 Å². The number of hydrogen-bond donors (Lipinski definition) is 1. The maximum absolute atomic E-state index is 13.2. The van der Waals surface area contributed by atoms with E-state index >= 15 is 0 Å². The molecule has 1 atom stereocenters. The second-order valence-electron chi connectivity index (χ2n) is 4.26. The van der Waals surface area contributed by atoms with Crippen molar-refractivity contribution >= 4 is 0 Å². The topological polar surface area (TPSA) is 26.0 Å². The molecule has 2 heteroatoms. The highest BCUT2D eigenvalue weighted by molar-refractivity contribution is 5.29. The molecule has 1 aliphatic rings. The van der Waals surface area contributed by atoms with Gasteiger partial charge in [0, 0.05) is 18.0 Å². The number of halogens is 1. The minimum Gasteiger partial charge on any atom is -0.402 e. The standard InChI is InChI=1S/C11H18FN/c1-7(2)4-9-6-10(12)8(3)5-11(9)13/h5,7,9H,4,6,13H2,1-3H3. The molecule has 1 rings (SSSR count). The lowest BCUT2D eigenvalue weighted by atomic mass is 9.86. The monoisotopic (exact) mass is 183 g/mol. The van der Waals surface area contributed by atoms with Gasteiger partial charge < -0.3 is 5.73 Å². The van der Waals surface area contributed by atoms with Gasteiger partial charge in [0.2, 0.25) is 0 Å². The van der Waals surface area contributed by atoms with Gasteiger partial charge in [0.25, 0.3) is 0 Å².